The lowest BCUT2D eigenvalue weighted by molar-refractivity contribution is -0.138. The first-order valence-electron chi connectivity index (χ1n) is 8.64. The molecule has 0 aliphatic heterocycles. The highest BCUT2D eigenvalue weighted by molar-refractivity contribution is 6.31. The van der Waals surface area contributed by atoms with E-state index in [-0.39, 0.29) is 12.6 Å². The maximum Gasteiger partial charge on any atom is 0.330 e. The molecule has 27 heavy (non-hydrogen) atoms. The van der Waals surface area contributed by atoms with Gasteiger partial charge in [0.2, 0.25) is 0 Å². The summed E-state index contributed by atoms with van der Waals surface area (Å²) in [6.45, 7) is 5.27. The van der Waals surface area contributed by atoms with E-state index >= 15 is 0 Å². The summed E-state index contributed by atoms with van der Waals surface area (Å²) < 4.78 is 8.80. The lowest BCUT2D eigenvalue weighted by atomic mass is 10.1. The van der Waals surface area contributed by atoms with Crippen LogP contribution in [0.1, 0.15) is 22.5 Å². The molecule has 0 unspecified atom stereocenters. The number of hydrogen-bond acceptors (Lipinski definition) is 4. The average Bonchev–Trinajstić information content (AvgIpc) is 3.24. The second-order valence-corrected chi connectivity index (χ2v) is 6.51. The Morgan fingerprint density at radius 2 is 2.07 bits per heavy atom. The van der Waals surface area contributed by atoms with E-state index in [0.29, 0.717) is 18.1 Å². The van der Waals surface area contributed by atoms with Crippen molar-refractivity contribution in [2.45, 2.75) is 26.9 Å². The van der Waals surface area contributed by atoms with E-state index in [9.17, 15) is 4.79 Å². The van der Waals surface area contributed by atoms with Crippen molar-refractivity contribution >= 4 is 23.6 Å². The van der Waals surface area contributed by atoms with Crippen molar-refractivity contribution in [2.24, 2.45) is 0 Å². The number of nitrogens with zero attached hydrogens (tertiary/aromatic N) is 4. The van der Waals surface area contributed by atoms with Gasteiger partial charge in [0.05, 0.1) is 18.8 Å². The molecule has 0 fully saturated rings. The van der Waals surface area contributed by atoms with Gasteiger partial charge in [0.1, 0.15) is 6.61 Å². The van der Waals surface area contributed by atoms with E-state index < -0.39 is 0 Å². The molecule has 0 spiro atoms. The minimum Gasteiger partial charge on any atom is -0.461 e. The largest absolute Gasteiger partial charge is 0.461 e. The Bertz CT molecular complexity index is 945. The number of ether oxygens (including phenoxy) is 1. The summed E-state index contributed by atoms with van der Waals surface area (Å²) in [7, 11) is 0. The van der Waals surface area contributed by atoms with Gasteiger partial charge in [-0.3, -0.25) is 9.36 Å². The van der Waals surface area contributed by atoms with Crippen LogP contribution in [0.2, 0.25) is 5.02 Å². The number of esters is 1. The summed E-state index contributed by atoms with van der Waals surface area (Å²) in [5, 5.41) is 9.33. The lowest BCUT2D eigenvalue weighted by Crippen LogP contribution is -2.09. The molecular weight excluding hydrogens is 364 g/mol. The number of aryl methyl sites for hydroxylation is 1. The molecule has 0 amide bonds. The summed E-state index contributed by atoms with van der Waals surface area (Å²) in [5.41, 5.74) is 3.72. The van der Waals surface area contributed by atoms with Crippen LogP contribution in [0.5, 0.6) is 0 Å². The van der Waals surface area contributed by atoms with Crippen molar-refractivity contribution in [3.8, 4) is 0 Å². The first-order chi connectivity index (χ1) is 13.0. The first-order valence-corrected chi connectivity index (χ1v) is 9.02. The van der Waals surface area contributed by atoms with Crippen LogP contribution in [0.25, 0.3) is 6.08 Å². The Labute approximate surface area is 163 Å². The number of benzene rings is 1. The number of hydrogen-bond donors (Lipinski definition) is 0. The maximum atomic E-state index is 11.9. The van der Waals surface area contributed by atoms with E-state index in [4.69, 9.17) is 16.3 Å². The van der Waals surface area contributed by atoms with E-state index in [0.717, 1.165) is 22.5 Å². The number of aromatic nitrogens is 4. The third-order valence-electron chi connectivity index (χ3n) is 4.23. The molecule has 3 aromatic rings. The van der Waals surface area contributed by atoms with Crippen LogP contribution in [-0.4, -0.2) is 32.1 Å². The highest BCUT2D eigenvalue weighted by atomic mass is 35.5. The zero-order valence-electron chi connectivity index (χ0n) is 15.3. The fraction of sp³-hybridized carbons (Fsp3) is 0.250. The average molecular weight is 385 g/mol. The summed E-state index contributed by atoms with van der Waals surface area (Å²) in [5.74, 6) is -0.389. The second kappa shape index (κ2) is 8.68. The second-order valence-electron chi connectivity index (χ2n) is 6.10. The topological polar surface area (TPSA) is 61.9 Å². The summed E-state index contributed by atoms with van der Waals surface area (Å²) >= 11 is 6.24. The van der Waals surface area contributed by atoms with Crippen LogP contribution in [-0.2, 0) is 22.6 Å². The number of halogens is 1. The predicted octanol–water partition coefficient (Wildman–Crippen LogP) is 3.65. The van der Waals surface area contributed by atoms with Crippen LogP contribution in [0.15, 0.2) is 48.8 Å². The molecule has 7 heteroatoms. The van der Waals surface area contributed by atoms with Crippen LogP contribution in [0, 0.1) is 13.8 Å². The number of carbonyl (C=O) groups excluding carboxylic acids is 1. The molecule has 0 saturated carbocycles. The Morgan fingerprint density at radius 1 is 1.26 bits per heavy atom. The van der Waals surface area contributed by atoms with Crippen molar-refractivity contribution in [2.75, 3.05) is 6.61 Å². The number of rotatable bonds is 7. The molecule has 0 atom stereocenters. The van der Waals surface area contributed by atoms with E-state index in [1.165, 1.54) is 6.08 Å². The molecule has 2 heterocycles. The van der Waals surface area contributed by atoms with Gasteiger partial charge in [-0.05, 0) is 37.6 Å². The fourth-order valence-corrected chi connectivity index (χ4v) is 2.96. The normalized spacial score (nSPS) is 11.2. The minimum atomic E-state index is -0.389. The highest BCUT2D eigenvalue weighted by Gasteiger charge is 2.11. The Kier molecular flexibility index (Phi) is 6.08. The van der Waals surface area contributed by atoms with Gasteiger partial charge < -0.3 is 4.74 Å². The third kappa shape index (κ3) is 4.86. The molecule has 0 radical (unpaired) electrons. The molecule has 140 valence electrons. The molecule has 2 aromatic heterocycles. The third-order valence-corrected chi connectivity index (χ3v) is 4.59. The molecule has 0 bridgehead atoms. The molecule has 6 nitrogen and oxygen atoms in total. The van der Waals surface area contributed by atoms with Gasteiger partial charge in [-0.15, -0.1) is 0 Å². The van der Waals surface area contributed by atoms with Gasteiger partial charge in [-0.2, -0.15) is 10.2 Å². The Morgan fingerprint density at radius 3 is 2.81 bits per heavy atom. The van der Waals surface area contributed by atoms with Crippen molar-refractivity contribution in [3.63, 3.8) is 0 Å². The van der Waals surface area contributed by atoms with E-state index in [1.807, 2.05) is 55.1 Å². The van der Waals surface area contributed by atoms with Crippen LogP contribution in [0.3, 0.4) is 0 Å². The minimum absolute atomic E-state index is 0.272. The fourth-order valence-electron chi connectivity index (χ4n) is 2.77. The standard InChI is InChI=1S/C20H21ClN4O2/c1-15-18(8-9-20(26)27-13-12-24-11-5-10-22-24)16(2)25(23-15)14-17-6-3-4-7-19(17)21/h3-11H,12-14H2,1-2H3/b9-8+. The quantitative estimate of drug-likeness (QED) is 0.460. The van der Waals surface area contributed by atoms with Crippen molar-refractivity contribution in [3.05, 3.63) is 76.3 Å². The van der Waals surface area contributed by atoms with Crippen molar-refractivity contribution in [1.29, 1.82) is 0 Å². The zero-order chi connectivity index (χ0) is 19.2. The monoisotopic (exact) mass is 384 g/mol. The van der Waals surface area contributed by atoms with Gasteiger partial charge in [-0.25, -0.2) is 4.79 Å². The molecule has 1 aromatic carbocycles. The smallest absolute Gasteiger partial charge is 0.330 e. The first kappa shape index (κ1) is 18.9. The zero-order valence-corrected chi connectivity index (χ0v) is 16.1. The van der Waals surface area contributed by atoms with Crippen LogP contribution >= 0.6 is 11.6 Å². The van der Waals surface area contributed by atoms with Crippen LogP contribution < -0.4 is 0 Å². The molecular formula is C20H21ClN4O2. The molecule has 0 N–H and O–H groups in total. The maximum absolute atomic E-state index is 11.9. The number of carbonyl (C=O) groups is 1. The van der Waals surface area contributed by atoms with Gasteiger partial charge in [0.25, 0.3) is 0 Å². The van der Waals surface area contributed by atoms with Crippen molar-refractivity contribution < 1.29 is 9.53 Å². The summed E-state index contributed by atoms with van der Waals surface area (Å²) in [6.07, 6.45) is 6.69. The Balaban J connectivity index is 1.62. The highest BCUT2D eigenvalue weighted by Crippen LogP contribution is 2.20. The summed E-state index contributed by atoms with van der Waals surface area (Å²) in [4.78, 5) is 11.9. The van der Waals surface area contributed by atoms with Gasteiger partial charge in [0, 0.05) is 34.7 Å². The molecule has 0 saturated heterocycles. The lowest BCUT2D eigenvalue weighted by Gasteiger charge is -2.06. The SMILES string of the molecule is Cc1nn(Cc2ccccc2Cl)c(C)c1/C=C/C(=O)OCCn1cccn1. The Hall–Kier alpha value is -2.86. The predicted molar refractivity (Wildman–Crippen MR) is 104 cm³/mol. The molecule has 0 aliphatic rings. The van der Waals surface area contributed by atoms with Crippen LogP contribution in [0.4, 0.5) is 0 Å². The molecule has 0 aliphatic carbocycles. The van der Waals surface area contributed by atoms with Gasteiger partial charge >= 0.3 is 5.97 Å². The summed E-state index contributed by atoms with van der Waals surface area (Å²) in [6, 6.07) is 9.52. The van der Waals surface area contributed by atoms with Gasteiger partial charge in [0.15, 0.2) is 0 Å². The van der Waals surface area contributed by atoms with Crippen molar-refractivity contribution in [1.82, 2.24) is 19.6 Å². The van der Waals surface area contributed by atoms with Gasteiger partial charge in [-0.1, -0.05) is 29.8 Å². The van der Waals surface area contributed by atoms with E-state index in [2.05, 4.69) is 10.2 Å². The van der Waals surface area contributed by atoms with E-state index in [1.54, 1.807) is 17.0 Å². The molecule has 3 rings (SSSR count).